The summed E-state index contributed by atoms with van der Waals surface area (Å²) in [5.74, 6) is -0.546. The number of amides is 1. The highest BCUT2D eigenvalue weighted by Crippen LogP contribution is 2.49. The standard InChI is InChI=1S/C13H23F3N2O2/c1-5-20-9-7-12(17,11(9,3)4)10(19)18-8(2)6-13(14,15)16/h8-9H,5-7,17H2,1-4H3,(H,18,19). The molecule has 3 atom stereocenters. The Hall–Kier alpha value is -0.820. The van der Waals surface area contributed by atoms with Crippen LogP contribution in [0.1, 0.15) is 40.5 Å². The summed E-state index contributed by atoms with van der Waals surface area (Å²) in [6.45, 7) is 7.27. The second kappa shape index (κ2) is 5.52. The molecule has 118 valence electrons. The summed E-state index contributed by atoms with van der Waals surface area (Å²) in [5.41, 5.74) is 4.29. The Labute approximate surface area is 117 Å². The Morgan fingerprint density at radius 2 is 2.05 bits per heavy atom. The third-order valence-electron chi connectivity index (χ3n) is 4.15. The maximum Gasteiger partial charge on any atom is 0.391 e. The summed E-state index contributed by atoms with van der Waals surface area (Å²) < 4.78 is 42.3. The van der Waals surface area contributed by atoms with Crippen molar-refractivity contribution in [1.82, 2.24) is 5.32 Å². The highest BCUT2D eigenvalue weighted by atomic mass is 19.4. The van der Waals surface area contributed by atoms with E-state index in [9.17, 15) is 18.0 Å². The zero-order valence-corrected chi connectivity index (χ0v) is 12.3. The van der Waals surface area contributed by atoms with Crippen molar-refractivity contribution in [3.63, 3.8) is 0 Å². The van der Waals surface area contributed by atoms with E-state index in [4.69, 9.17) is 10.5 Å². The Bertz CT molecular complexity index is 371. The number of nitrogens with two attached hydrogens (primary N) is 1. The topological polar surface area (TPSA) is 64.3 Å². The van der Waals surface area contributed by atoms with Gasteiger partial charge in [-0.05, 0) is 13.8 Å². The molecule has 3 unspecified atom stereocenters. The van der Waals surface area contributed by atoms with Gasteiger partial charge in [0.15, 0.2) is 0 Å². The molecular weight excluding hydrogens is 273 g/mol. The second-order valence-electron chi connectivity index (χ2n) is 6.03. The number of ether oxygens (including phenoxy) is 1. The third kappa shape index (κ3) is 3.25. The normalized spacial score (nSPS) is 30.5. The van der Waals surface area contributed by atoms with Gasteiger partial charge in [0, 0.05) is 24.5 Å². The van der Waals surface area contributed by atoms with Crippen LogP contribution in [0.2, 0.25) is 0 Å². The molecule has 0 spiro atoms. The van der Waals surface area contributed by atoms with Crippen molar-refractivity contribution in [2.45, 2.75) is 64.4 Å². The summed E-state index contributed by atoms with van der Waals surface area (Å²) >= 11 is 0. The van der Waals surface area contributed by atoms with Crippen LogP contribution in [-0.4, -0.2) is 36.4 Å². The van der Waals surface area contributed by atoms with E-state index in [1.165, 1.54) is 6.92 Å². The molecule has 1 aliphatic rings. The van der Waals surface area contributed by atoms with E-state index < -0.39 is 35.5 Å². The quantitative estimate of drug-likeness (QED) is 0.815. The van der Waals surface area contributed by atoms with Gasteiger partial charge >= 0.3 is 6.18 Å². The van der Waals surface area contributed by atoms with Crippen LogP contribution in [0, 0.1) is 5.41 Å². The van der Waals surface area contributed by atoms with Crippen LogP contribution in [0.25, 0.3) is 0 Å². The van der Waals surface area contributed by atoms with Crippen molar-refractivity contribution >= 4 is 5.91 Å². The molecular formula is C13H23F3N2O2. The fraction of sp³-hybridized carbons (Fsp3) is 0.923. The fourth-order valence-corrected chi connectivity index (χ4v) is 2.57. The predicted octanol–water partition coefficient (Wildman–Crippen LogP) is 1.98. The molecule has 1 saturated carbocycles. The minimum absolute atomic E-state index is 0.152. The molecule has 0 bridgehead atoms. The van der Waals surface area contributed by atoms with Crippen molar-refractivity contribution in [2.75, 3.05) is 6.61 Å². The van der Waals surface area contributed by atoms with E-state index in [1.54, 1.807) is 13.8 Å². The second-order valence-corrected chi connectivity index (χ2v) is 6.03. The first-order valence-electron chi connectivity index (χ1n) is 6.72. The van der Waals surface area contributed by atoms with E-state index in [1.807, 2.05) is 6.92 Å². The van der Waals surface area contributed by atoms with Crippen molar-refractivity contribution in [1.29, 1.82) is 0 Å². The Morgan fingerprint density at radius 1 is 1.50 bits per heavy atom. The number of carbonyl (C=O) groups is 1. The van der Waals surface area contributed by atoms with Crippen LogP contribution < -0.4 is 11.1 Å². The van der Waals surface area contributed by atoms with Crippen LogP contribution in [0.15, 0.2) is 0 Å². The SMILES string of the molecule is CCOC1CC(N)(C(=O)NC(C)CC(F)(F)F)C1(C)C. The van der Waals surface area contributed by atoms with Gasteiger partial charge in [-0.2, -0.15) is 13.2 Å². The largest absolute Gasteiger partial charge is 0.391 e. The monoisotopic (exact) mass is 296 g/mol. The molecule has 1 fully saturated rings. The first-order valence-corrected chi connectivity index (χ1v) is 6.72. The molecule has 3 N–H and O–H groups in total. The summed E-state index contributed by atoms with van der Waals surface area (Å²) in [4.78, 5) is 12.1. The van der Waals surface area contributed by atoms with Crippen molar-refractivity contribution in [3.8, 4) is 0 Å². The Morgan fingerprint density at radius 3 is 2.45 bits per heavy atom. The minimum atomic E-state index is -4.31. The molecule has 1 amide bonds. The maximum atomic E-state index is 12.3. The number of halogens is 3. The lowest BCUT2D eigenvalue weighted by Gasteiger charge is -2.57. The number of hydrogen-bond acceptors (Lipinski definition) is 3. The Kier molecular flexibility index (Phi) is 4.76. The van der Waals surface area contributed by atoms with Crippen LogP contribution in [0.4, 0.5) is 13.2 Å². The van der Waals surface area contributed by atoms with Crippen LogP contribution in [0.3, 0.4) is 0 Å². The highest BCUT2D eigenvalue weighted by molar-refractivity contribution is 5.89. The van der Waals surface area contributed by atoms with E-state index in [0.29, 0.717) is 13.0 Å². The molecule has 0 aromatic heterocycles. The third-order valence-corrected chi connectivity index (χ3v) is 4.15. The molecule has 0 radical (unpaired) electrons. The molecule has 4 nitrogen and oxygen atoms in total. The predicted molar refractivity (Wildman–Crippen MR) is 69.0 cm³/mol. The van der Waals surface area contributed by atoms with Crippen LogP contribution in [0.5, 0.6) is 0 Å². The summed E-state index contributed by atoms with van der Waals surface area (Å²) in [5, 5.41) is 2.36. The average molecular weight is 296 g/mol. The molecule has 20 heavy (non-hydrogen) atoms. The van der Waals surface area contributed by atoms with Crippen molar-refractivity contribution in [2.24, 2.45) is 11.1 Å². The van der Waals surface area contributed by atoms with E-state index in [-0.39, 0.29) is 6.10 Å². The van der Waals surface area contributed by atoms with Gasteiger partial charge in [0.25, 0.3) is 0 Å². The number of nitrogens with one attached hydrogen (secondary N) is 1. The van der Waals surface area contributed by atoms with Gasteiger partial charge < -0.3 is 15.8 Å². The number of carbonyl (C=O) groups excluding carboxylic acids is 1. The van der Waals surface area contributed by atoms with Crippen molar-refractivity contribution < 1.29 is 22.7 Å². The first-order chi connectivity index (χ1) is 8.94. The summed E-state index contributed by atoms with van der Waals surface area (Å²) in [7, 11) is 0. The van der Waals surface area contributed by atoms with Gasteiger partial charge in [-0.1, -0.05) is 13.8 Å². The number of alkyl halides is 3. The summed E-state index contributed by atoms with van der Waals surface area (Å²) in [6.07, 6.45) is -5.21. The number of rotatable bonds is 5. The molecule has 7 heteroatoms. The average Bonchev–Trinajstić information content (AvgIpc) is 2.25. The molecule has 0 saturated heterocycles. The first kappa shape index (κ1) is 17.2. The van der Waals surface area contributed by atoms with Gasteiger partial charge in [-0.15, -0.1) is 0 Å². The summed E-state index contributed by atoms with van der Waals surface area (Å²) in [6, 6.07) is -0.995. The van der Waals surface area contributed by atoms with Gasteiger partial charge in [0.05, 0.1) is 12.5 Å². The lowest BCUT2D eigenvalue weighted by atomic mass is 9.54. The van der Waals surface area contributed by atoms with Crippen LogP contribution in [-0.2, 0) is 9.53 Å². The van der Waals surface area contributed by atoms with E-state index in [0.717, 1.165) is 0 Å². The zero-order valence-electron chi connectivity index (χ0n) is 12.3. The maximum absolute atomic E-state index is 12.3. The van der Waals surface area contributed by atoms with E-state index >= 15 is 0 Å². The molecule has 0 aliphatic heterocycles. The van der Waals surface area contributed by atoms with E-state index in [2.05, 4.69) is 5.32 Å². The smallest absolute Gasteiger partial charge is 0.378 e. The molecule has 0 heterocycles. The van der Waals surface area contributed by atoms with Gasteiger partial charge in [0.1, 0.15) is 5.54 Å². The number of hydrogen-bond donors (Lipinski definition) is 2. The van der Waals surface area contributed by atoms with Gasteiger partial charge in [-0.3, -0.25) is 4.79 Å². The molecule has 1 rings (SSSR count). The van der Waals surface area contributed by atoms with Crippen LogP contribution >= 0.6 is 0 Å². The lowest BCUT2D eigenvalue weighted by molar-refractivity contribution is -0.172. The minimum Gasteiger partial charge on any atom is -0.378 e. The van der Waals surface area contributed by atoms with Crippen molar-refractivity contribution in [3.05, 3.63) is 0 Å². The highest BCUT2D eigenvalue weighted by Gasteiger charge is 2.63. The fourth-order valence-electron chi connectivity index (χ4n) is 2.57. The Balaban J connectivity index is 2.64. The van der Waals surface area contributed by atoms with Gasteiger partial charge in [-0.25, -0.2) is 0 Å². The lowest BCUT2D eigenvalue weighted by Crippen LogP contribution is -2.76. The zero-order chi connectivity index (χ0) is 15.8. The molecule has 1 aliphatic carbocycles. The molecule has 0 aromatic rings. The van der Waals surface area contributed by atoms with Gasteiger partial charge in [0.2, 0.25) is 5.91 Å². The molecule has 0 aromatic carbocycles.